The van der Waals surface area contributed by atoms with E-state index in [0.717, 1.165) is 11.3 Å². The molecule has 5 rings (SSSR count). The molecule has 4 heterocycles. The quantitative estimate of drug-likeness (QED) is 0.294. The number of amides is 1. The zero-order chi connectivity index (χ0) is 24.7. The van der Waals surface area contributed by atoms with Gasteiger partial charge in [0, 0.05) is 18.2 Å². The summed E-state index contributed by atoms with van der Waals surface area (Å²) in [5.74, 6) is 1.10. The molecule has 1 amide bonds. The van der Waals surface area contributed by atoms with Gasteiger partial charge in [0.25, 0.3) is 5.91 Å². The average Bonchev–Trinajstić information content (AvgIpc) is 3.58. The first-order valence-electron chi connectivity index (χ1n) is 11.4. The lowest BCUT2D eigenvalue weighted by Crippen LogP contribution is -2.15. The topological polar surface area (TPSA) is 119 Å². The molecule has 0 aliphatic rings. The molecule has 9 heteroatoms. The number of nitrogens with zero attached hydrogens (tertiary/aromatic N) is 5. The molecule has 0 unspecified atom stereocenters. The lowest BCUT2D eigenvalue weighted by molar-refractivity contribution is 0.102. The van der Waals surface area contributed by atoms with Gasteiger partial charge in [0.2, 0.25) is 0 Å². The van der Waals surface area contributed by atoms with Gasteiger partial charge >= 0.3 is 0 Å². The number of rotatable bonds is 9. The average molecular weight is 479 g/mol. The van der Waals surface area contributed by atoms with Gasteiger partial charge in [0.1, 0.15) is 12.3 Å². The Hall–Kier alpha value is -4.97. The first-order valence-corrected chi connectivity index (χ1v) is 11.4. The Bertz CT molecular complexity index is 1520. The van der Waals surface area contributed by atoms with Gasteiger partial charge in [-0.25, -0.2) is 14.6 Å². The van der Waals surface area contributed by atoms with Gasteiger partial charge in [-0.2, -0.15) is 10.4 Å². The molecule has 1 aromatic carbocycles. The maximum absolute atomic E-state index is 13.5. The molecule has 0 bridgehead atoms. The Kier molecular flexibility index (Phi) is 6.67. The lowest BCUT2D eigenvalue weighted by atomic mass is 10.1. The van der Waals surface area contributed by atoms with Crippen molar-refractivity contribution in [2.75, 3.05) is 11.9 Å². The summed E-state index contributed by atoms with van der Waals surface area (Å²) in [4.78, 5) is 22.6. The number of hydrogen-bond acceptors (Lipinski definition) is 7. The highest BCUT2D eigenvalue weighted by molar-refractivity contribution is 6.12. The number of carbonyl (C=O) groups excluding carboxylic acids is 1. The third-order valence-electron chi connectivity index (χ3n) is 5.50. The number of ether oxygens (including phenoxy) is 1. The molecule has 1 N–H and O–H groups in total. The summed E-state index contributed by atoms with van der Waals surface area (Å²) in [6.45, 7) is 0.725. The van der Waals surface area contributed by atoms with Crippen molar-refractivity contribution in [3.63, 3.8) is 0 Å². The number of unbranched alkanes of at least 4 members (excludes halogenated alkanes) is 1. The van der Waals surface area contributed by atoms with E-state index in [9.17, 15) is 4.79 Å². The van der Waals surface area contributed by atoms with E-state index in [1.165, 1.54) is 0 Å². The van der Waals surface area contributed by atoms with E-state index >= 15 is 0 Å². The van der Waals surface area contributed by atoms with Crippen molar-refractivity contribution in [1.29, 1.82) is 5.26 Å². The molecule has 0 radical (unpaired) electrons. The Morgan fingerprint density at radius 3 is 2.83 bits per heavy atom. The number of furan rings is 1. The number of nitrogens with one attached hydrogen (secondary N) is 1. The summed E-state index contributed by atoms with van der Waals surface area (Å²) < 4.78 is 12.9. The Balaban J connectivity index is 1.51. The molecule has 0 fully saturated rings. The van der Waals surface area contributed by atoms with E-state index in [0.29, 0.717) is 59.9 Å². The number of pyridine rings is 2. The Morgan fingerprint density at radius 2 is 2.03 bits per heavy atom. The summed E-state index contributed by atoms with van der Waals surface area (Å²) >= 11 is 0. The second-order valence-corrected chi connectivity index (χ2v) is 7.95. The van der Waals surface area contributed by atoms with Gasteiger partial charge in [0.05, 0.1) is 41.8 Å². The Morgan fingerprint density at radius 1 is 1.14 bits per heavy atom. The van der Waals surface area contributed by atoms with Crippen LogP contribution in [0.15, 0.2) is 83.7 Å². The van der Waals surface area contributed by atoms with Crippen LogP contribution in [0.3, 0.4) is 0 Å². The van der Waals surface area contributed by atoms with Crippen LogP contribution >= 0.6 is 0 Å². The monoisotopic (exact) mass is 478 g/mol. The molecule has 0 spiro atoms. The number of benzene rings is 1. The second kappa shape index (κ2) is 10.5. The third kappa shape index (κ3) is 4.93. The van der Waals surface area contributed by atoms with Crippen molar-refractivity contribution in [2.24, 2.45) is 0 Å². The minimum atomic E-state index is -0.363. The minimum absolute atomic E-state index is 0.300. The van der Waals surface area contributed by atoms with E-state index < -0.39 is 0 Å². The fraction of sp³-hybridized carbons (Fsp3) is 0.148. The molecule has 36 heavy (non-hydrogen) atoms. The van der Waals surface area contributed by atoms with Crippen molar-refractivity contribution < 1.29 is 13.9 Å². The number of hydrogen-bond donors (Lipinski definition) is 1. The molecule has 5 aromatic rings. The van der Waals surface area contributed by atoms with E-state index in [4.69, 9.17) is 19.4 Å². The van der Waals surface area contributed by atoms with Crippen LogP contribution in [0.25, 0.3) is 22.3 Å². The number of fused-ring (bicyclic) bond motifs is 1. The highest BCUT2D eigenvalue weighted by Crippen LogP contribution is 2.28. The maximum atomic E-state index is 13.5. The predicted molar refractivity (Wildman–Crippen MR) is 133 cm³/mol. The largest absolute Gasteiger partial charge is 0.490 e. The zero-order valence-electron chi connectivity index (χ0n) is 19.3. The second-order valence-electron chi connectivity index (χ2n) is 7.95. The standard InChI is InChI=1S/C27H22N6O3/c28-12-4-5-14-36-24-11-6-13-29-25(24)32-27(34)21-16-23(19-8-2-1-3-9-19)31-26-22(21)17-30-33(26)18-20-10-7-15-35-20/h1-3,6-11,13,15-17H,4-5,14,18H2,(H,29,32,34). The van der Waals surface area contributed by atoms with Crippen LogP contribution in [-0.4, -0.2) is 32.3 Å². The van der Waals surface area contributed by atoms with Crippen molar-refractivity contribution in [3.05, 3.63) is 90.6 Å². The van der Waals surface area contributed by atoms with Gasteiger partial charge in [0.15, 0.2) is 17.2 Å². The molecule has 178 valence electrons. The summed E-state index contributed by atoms with van der Waals surface area (Å²) in [5.41, 5.74) is 2.49. The van der Waals surface area contributed by atoms with E-state index in [-0.39, 0.29) is 5.91 Å². The van der Waals surface area contributed by atoms with Gasteiger partial charge < -0.3 is 14.5 Å². The third-order valence-corrected chi connectivity index (χ3v) is 5.50. The summed E-state index contributed by atoms with van der Waals surface area (Å²) in [7, 11) is 0. The van der Waals surface area contributed by atoms with Gasteiger partial charge in [-0.3, -0.25) is 4.79 Å². The van der Waals surface area contributed by atoms with E-state index in [1.54, 1.807) is 41.5 Å². The van der Waals surface area contributed by atoms with Crippen LogP contribution in [0.5, 0.6) is 5.75 Å². The lowest BCUT2D eigenvalue weighted by Gasteiger charge is -2.12. The van der Waals surface area contributed by atoms with Crippen LogP contribution in [0, 0.1) is 11.3 Å². The normalized spacial score (nSPS) is 10.8. The summed E-state index contributed by atoms with van der Waals surface area (Å²) in [5, 5.41) is 16.7. The van der Waals surface area contributed by atoms with E-state index in [2.05, 4.69) is 21.5 Å². The zero-order valence-corrected chi connectivity index (χ0v) is 19.3. The van der Waals surface area contributed by atoms with Gasteiger partial charge in [-0.15, -0.1) is 0 Å². The van der Waals surface area contributed by atoms with Gasteiger partial charge in [-0.05, 0) is 36.8 Å². The molecule has 0 saturated carbocycles. The van der Waals surface area contributed by atoms with E-state index in [1.807, 2.05) is 42.5 Å². The summed E-state index contributed by atoms with van der Waals surface area (Å²) in [6, 6.07) is 20.6. The smallest absolute Gasteiger partial charge is 0.257 e. The number of aromatic nitrogens is 4. The molecular formula is C27H22N6O3. The van der Waals surface area contributed by atoms with Gasteiger partial charge in [-0.1, -0.05) is 30.3 Å². The summed E-state index contributed by atoms with van der Waals surface area (Å²) in [6.07, 6.45) is 5.79. The molecule has 9 nitrogen and oxygen atoms in total. The first-order chi connectivity index (χ1) is 17.7. The van der Waals surface area contributed by atoms with Crippen molar-refractivity contribution >= 4 is 22.8 Å². The molecular weight excluding hydrogens is 456 g/mol. The van der Waals surface area contributed by atoms with Crippen LogP contribution in [0.2, 0.25) is 0 Å². The molecule has 0 aliphatic carbocycles. The highest BCUT2D eigenvalue weighted by atomic mass is 16.5. The fourth-order valence-corrected chi connectivity index (χ4v) is 3.77. The number of carbonyl (C=O) groups is 1. The van der Waals surface area contributed by atoms with Crippen LogP contribution in [0.4, 0.5) is 5.82 Å². The molecule has 0 saturated heterocycles. The van der Waals surface area contributed by atoms with Crippen molar-refractivity contribution in [2.45, 2.75) is 19.4 Å². The minimum Gasteiger partial charge on any atom is -0.490 e. The molecule has 0 aliphatic heterocycles. The number of nitriles is 1. The predicted octanol–water partition coefficient (Wildman–Crippen LogP) is 5.07. The number of anilines is 1. The molecule has 4 aromatic heterocycles. The van der Waals surface area contributed by atoms with Crippen LogP contribution < -0.4 is 10.1 Å². The first kappa shape index (κ1) is 22.8. The van der Waals surface area contributed by atoms with Crippen LogP contribution in [0.1, 0.15) is 29.0 Å². The Labute approximate surface area is 207 Å². The molecule has 0 atom stereocenters. The maximum Gasteiger partial charge on any atom is 0.257 e. The fourth-order valence-electron chi connectivity index (χ4n) is 3.77. The highest BCUT2D eigenvalue weighted by Gasteiger charge is 2.20. The SMILES string of the molecule is N#CCCCOc1cccnc1NC(=O)c1cc(-c2ccccc2)nc2c1cnn2Cc1ccco1. The van der Waals surface area contributed by atoms with Crippen molar-refractivity contribution in [3.8, 4) is 23.1 Å². The van der Waals surface area contributed by atoms with Crippen molar-refractivity contribution in [1.82, 2.24) is 19.7 Å². The van der Waals surface area contributed by atoms with Crippen LogP contribution in [-0.2, 0) is 6.54 Å².